The van der Waals surface area contributed by atoms with Gasteiger partial charge in [-0.1, -0.05) is 0 Å². The largest absolute Gasteiger partial charge is 0.508 e. The normalized spacial score (nSPS) is 13.2. The maximum absolute atomic E-state index is 12.7. The number of alkyl halides is 2. The third-order valence-corrected chi connectivity index (χ3v) is 1.82. The van der Waals surface area contributed by atoms with Gasteiger partial charge in [0.2, 0.25) is 0 Å². The number of benzene rings is 1. The number of hydrogen-bond donors (Lipinski definition) is 2. The van der Waals surface area contributed by atoms with Gasteiger partial charge in [0.05, 0.1) is 6.04 Å². The lowest BCUT2D eigenvalue weighted by Crippen LogP contribution is -2.30. The first-order chi connectivity index (χ1) is 6.50. The second-order valence-electron chi connectivity index (χ2n) is 2.98. The first-order valence-corrected chi connectivity index (χ1v) is 4.02. The van der Waals surface area contributed by atoms with Crippen molar-refractivity contribution in [3.8, 4) is 5.75 Å². The highest BCUT2D eigenvalue weighted by atomic mass is 19.3. The van der Waals surface area contributed by atoms with Gasteiger partial charge in [-0.15, -0.1) is 0 Å². The Morgan fingerprint density at radius 2 is 2.00 bits per heavy atom. The van der Waals surface area contributed by atoms with Crippen LogP contribution in [0.2, 0.25) is 0 Å². The fourth-order valence-corrected chi connectivity index (χ4v) is 1.06. The topological polar surface area (TPSA) is 46.2 Å². The van der Waals surface area contributed by atoms with E-state index in [1.165, 1.54) is 0 Å². The third kappa shape index (κ3) is 2.63. The van der Waals surface area contributed by atoms with Gasteiger partial charge in [0, 0.05) is 0 Å². The highest BCUT2D eigenvalue weighted by Crippen LogP contribution is 2.20. The standard InChI is InChI=1S/C9H10F3NO/c10-6-1-2-8(14)5(3-6)4-7(13)9(11)12/h1-3,7,9,14H,4,13H2. The van der Waals surface area contributed by atoms with Gasteiger partial charge in [-0.2, -0.15) is 0 Å². The zero-order valence-corrected chi connectivity index (χ0v) is 7.25. The molecule has 1 aromatic rings. The Hall–Kier alpha value is -1.23. The van der Waals surface area contributed by atoms with Gasteiger partial charge in [0.25, 0.3) is 6.43 Å². The molecule has 0 radical (unpaired) electrons. The molecule has 0 aliphatic rings. The Morgan fingerprint density at radius 3 is 2.57 bits per heavy atom. The van der Waals surface area contributed by atoms with Crippen molar-refractivity contribution < 1.29 is 18.3 Å². The van der Waals surface area contributed by atoms with Gasteiger partial charge < -0.3 is 10.8 Å². The molecule has 5 heteroatoms. The second-order valence-corrected chi connectivity index (χ2v) is 2.98. The second kappa shape index (κ2) is 4.32. The molecular weight excluding hydrogens is 195 g/mol. The van der Waals surface area contributed by atoms with Crippen LogP contribution in [0.1, 0.15) is 5.56 Å². The maximum Gasteiger partial charge on any atom is 0.253 e. The highest BCUT2D eigenvalue weighted by molar-refractivity contribution is 5.33. The molecule has 0 saturated heterocycles. The number of phenolic OH excluding ortho intramolecular Hbond substituents is 1. The van der Waals surface area contributed by atoms with E-state index in [9.17, 15) is 18.3 Å². The van der Waals surface area contributed by atoms with E-state index in [0.29, 0.717) is 0 Å². The van der Waals surface area contributed by atoms with Crippen molar-refractivity contribution >= 4 is 0 Å². The lowest BCUT2D eigenvalue weighted by atomic mass is 10.1. The lowest BCUT2D eigenvalue weighted by Gasteiger charge is -2.11. The molecule has 1 rings (SSSR count). The number of hydrogen-bond acceptors (Lipinski definition) is 2. The minimum Gasteiger partial charge on any atom is -0.508 e. The van der Waals surface area contributed by atoms with Gasteiger partial charge in [0.15, 0.2) is 0 Å². The fraction of sp³-hybridized carbons (Fsp3) is 0.333. The van der Waals surface area contributed by atoms with Crippen LogP contribution in [0.25, 0.3) is 0 Å². The minimum absolute atomic E-state index is 0.0952. The van der Waals surface area contributed by atoms with Gasteiger partial charge in [-0.05, 0) is 30.2 Å². The van der Waals surface area contributed by atoms with Gasteiger partial charge in [-0.3, -0.25) is 0 Å². The number of phenols is 1. The van der Waals surface area contributed by atoms with Crippen molar-refractivity contribution in [2.24, 2.45) is 5.73 Å². The molecular formula is C9H10F3NO. The first-order valence-electron chi connectivity index (χ1n) is 4.02. The predicted molar refractivity (Wildman–Crippen MR) is 45.7 cm³/mol. The molecule has 3 N–H and O–H groups in total. The molecule has 2 nitrogen and oxygen atoms in total. The van der Waals surface area contributed by atoms with Crippen LogP contribution in [-0.2, 0) is 6.42 Å². The molecule has 0 saturated carbocycles. The molecule has 0 heterocycles. The molecule has 0 bridgehead atoms. The van der Waals surface area contributed by atoms with Crippen LogP contribution in [0.4, 0.5) is 13.2 Å². The number of rotatable bonds is 3. The summed E-state index contributed by atoms with van der Waals surface area (Å²) in [6.07, 6.45) is -2.93. The summed E-state index contributed by atoms with van der Waals surface area (Å²) >= 11 is 0. The molecule has 14 heavy (non-hydrogen) atoms. The molecule has 0 amide bonds. The van der Waals surface area contributed by atoms with Crippen molar-refractivity contribution in [3.05, 3.63) is 29.6 Å². The van der Waals surface area contributed by atoms with Crippen molar-refractivity contribution in [1.29, 1.82) is 0 Å². The summed E-state index contributed by atoms with van der Waals surface area (Å²) in [5.74, 6) is -0.804. The first kappa shape index (κ1) is 10.8. The maximum atomic E-state index is 12.7. The molecule has 0 aliphatic heterocycles. The van der Waals surface area contributed by atoms with Crippen molar-refractivity contribution in [3.63, 3.8) is 0 Å². The lowest BCUT2D eigenvalue weighted by molar-refractivity contribution is 0.115. The molecule has 0 aromatic heterocycles. The van der Waals surface area contributed by atoms with E-state index in [0.717, 1.165) is 18.2 Å². The molecule has 0 spiro atoms. The van der Waals surface area contributed by atoms with Crippen LogP contribution < -0.4 is 5.73 Å². The van der Waals surface area contributed by atoms with Crippen LogP contribution >= 0.6 is 0 Å². The summed E-state index contributed by atoms with van der Waals surface area (Å²) in [5.41, 5.74) is 5.18. The average molecular weight is 205 g/mol. The smallest absolute Gasteiger partial charge is 0.253 e. The van der Waals surface area contributed by atoms with E-state index in [-0.39, 0.29) is 17.7 Å². The van der Waals surface area contributed by atoms with Crippen LogP contribution in [0.15, 0.2) is 18.2 Å². The summed E-state index contributed by atoms with van der Waals surface area (Å²) in [6.45, 7) is 0. The zero-order chi connectivity index (χ0) is 10.7. The van der Waals surface area contributed by atoms with E-state index in [1.54, 1.807) is 0 Å². The summed E-state index contributed by atoms with van der Waals surface area (Å²) in [5, 5.41) is 9.20. The van der Waals surface area contributed by atoms with Crippen LogP contribution in [0, 0.1) is 5.82 Å². The summed E-state index contributed by atoms with van der Waals surface area (Å²) in [6, 6.07) is 1.77. The average Bonchev–Trinajstić information content (AvgIpc) is 2.11. The fourth-order valence-electron chi connectivity index (χ4n) is 1.06. The van der Waals surface area contributed by atoms with E-state index in [4.69, 9.17) is 5.73 Å². The van der Waals surface area contributed by atoms with Crippen molar-refractivity contribution in [2.75, 3.05) is 0 Å². The number of aromatic hydroxyl groups is 1. The van der Waals surface area contributed by atoms with Crippen LogP contribution in [-0.4, -0.2) is 17.6 Å². The minimum atomic E-state index is -2.68. The molecule has 0 fully saturated rings. The predicted octanol–water partition coefficient (Wildman–Crippen LogP) is 1.67. The third-order valence-electron chi connectivity index (χ3n) is 1.82. The van der Waals surface area contributed by atoms with E-state index < -0.39 is 18.3 Å². The quantitative estimate of drug-likeness (QED) is 0.788. The summed E-state index contributed by atoms with van der Waals surface area (Å²) in [4.78, 5) is 0. The highest BCUT2D eigenvalue weighted by Gasteiger charge is 2.17. The van der Waals surface area contributed by atoms with Gasteiger partial charge in [-0.25, -0.2) is 13.2 Å². The van der Waals surface area contributed by atoms with Crippen molar-refractivity contribution in [2.45, 2.75) is 18.9 Å². The zero-order valence-electron chi connectivity index (χ0n) is 7.25. The van der Waals surface area contributed by atoms with Crippen molar-refractivity contribution in [1.82, 2.24) is 0 Å². The molecule has 0 aliphatic carbocycles. The Bertz CT molecular complexity index is 317. The number of halogens is 3. The summed E-state index contributed by atoms with van der Waals surface area (Å²) in [7, 11) is 0. The van der Waals surface area contributed by atoms with Crippen LogP contribution in [0.3, 0.4) is 0 Å². The Labute approximate surface area is 79.2 Å². The van der Waals surface area contributed by atoms with E-state index in [1.807, 2.05) is 0 Å². The molecule has 1 aromatic carbocycles. The number of nitrogens with two attached hydrogens (primary N) is 1. The van der Waals surface area contributed by atoms with Gasteiger partial charge >= 0.3 is 0 Å². The molecule has 1 atom stereocenters. The van der Waals surface area contributed by atoms with E-state index in [2.05, 4.69) is 0 Å². The Balaban J connectivity index is 2.80. The Kier molecular flexibility index (Phi) is 3.35. The SMILES string of the molecule is NC(Cc1cc(F)ccc1O)C(F)F. The van der Waals surface area contributed by atoms with Gasteiger partial charge in [0.1, 0.15) is 11.6 Å². The van der Waals surface area contributed by atoms with Crippen LogP contribution in [0.5, 0.6) is 5.75 Å². The summed E-state index contributed by atoms with van der Waals surface area (Å²) < 4.78 is 36.8. The molecule has 1 unspecified atom stereocenters. The monoisotopic (exact) mass is 205 g/mol. The Morgan fingerprint density at radius 1 is 1.36 bits per heavy atom. The molecule has 78 valence electrons. The van der Waals surface area contributed by atoms with E-state index >= 15 is 0 Å².